The molecule has 88 valence electrons. The van der Waals surface area contributed by atoms with E-state index in [9.17, 15) is 13.2 Å². The molecule has 0 radical (unpaired) electrons. The minimum absolute atomic E-state index is 0.0493. The van der Waals surface area contributed by atoms with Gasteiger partial charge in [-0.1, -0.05) is 18.2 Å². The molecule has 7 heteroatoms. The van der Waals surface area contributed by atoms with Crippen LogP contribution < -0.4 is 5.48 Å². The molecule has 6 nitrogen and oxygen atoms in total. The van der Waals surface area contributed by atoms with Crippen molar-refractivity contribution in [3.63, 3.8) is 0 Å². The fourth-order valence-corrected chi connectivity index (χ4v) is 1.65. The third-order valence-corrected chi connectivity index (χ3v) is 2.69. The van der Waals surface area contributed by atoms with Gasteiger partial charge in [0.2, 0.25) is 0 Å². The highest BCUT2D eigenvalue weighted by Crippen LogP contribution is 2.09. The summed E-state index contributed by atoms with van der Waals surface area (Å²) in [6.45, 7) is 1.71. The van der Waals surface area contributed by atoms with Gasteiger partial charge in [0.1, 0.15) is 0 Å². The number of amides is 1. The van der Waals surface area contributed by atoms with E-state index in [4.69, 9.17) is 0 Å². The monoisotopic (exact) mass is 245 g/mol. The quantitative estimate of drug-likeness (QED) is 0.802. The Bertz CT molecular complexity index is 442. The van der Waals surface area contributed by atoms with Crippen molar-refractivity contribution in [2.24, 2.45) is 0 Å². The summed E-state index contributed by atoms with van der Waals surface area (Å²) < 4.78 is 31.6. The van der Waals surface area contributed by atoms with Gasteiger partial charge in [0.25, 0.3) is 0 Å². The predicted molar refractivity (Wildman–Crippen MR) is 54.9 cm³/mol. The number of nitrogens with one attached hydrogen (secondary N) is 1. The fourth-order valence-electron chi connectivity index (χ4n) is 0.885. The van der Waals surface area contributed by atoms with E-state index in [1.165, 1.54) is 12.1 Å². The SMILES string of the molecule is CCOC(=O)NOS(=O)(=O)c1ccccc1. The normalized spacial score (nSPS) is 10.8. The van der Waals surface area contributed by atoms with Crippen molar-refractivity contribution in [3.8, 4) is 0 Å². The second-order valence-corrected chi connectivity index (χ2v) is 4.22. The molecule has 0 unspecified atom stereocenters. The summed E-state index contributed by atoms with van der Waals surface area (Å²) in [4.78, 5) is 10.7. The van der Waals surface area contributed by atoms with Gasteiger partial charge in [0.05, 0.1) is 11.5 Å². The van der Waals surface area contributed by atoms with Crippen LogP contribution in [0.5, 0.6) is 0 Å². The van der Waals surface area contributed by atoms with Crippen LogP contribution in [-0.2, 0) is 19.1 Å². The molecule has 0 aliphatic heterocycles. The number of hydrogen-bond donors (Lipinski definition) is 1. The summed E-state index contributed by atoms with van der Waals surface area (Å²) in [5.74, 6) is 0. The number of carbonyl (C=O) groups is 1. The molecule has 1 aromatic rings. The Labute approximate surface area is 93.3 Å². The highest BCUT2D eigenvalue weighted by atomic mass is 32.2. The lowest BCUT2D eigenvalue weighted by Crippen LogP contribution is -2.27. The van der Waals surface area contributed by atoms with Crippen molar-refractivity contribution in [3.05, 3.63) is 30.3 Å². The summed E-state index contributed by atoms with van der Waals surface area (Å²) in [6, 6.07) is 7.45. The Hall–Kier alpha value is -1.60. The minimum Gasteiger partial charge on any atom is -0.448 e. The maximum Gasteiger partial charge on any atom is 0.432 e. The van der Waals surface area contributed by atoms with Gasteiger partial charge >= 0.3 is 16.2 Å². The van der Waals surface area contributed by atoms with E-state index >= 15 is 0 Å². The summed E-state index contributed by atoms with van der Waals surface area (Å²) >= 11 is 0. The third kappa shape index (κ3) is 3.52. The second kappa shape index (κ2) is 5.47. The molecule has 0 heterocycles. The van der Waals surface area contributed by atoms with Gasteiger partial charge in [0.15, 0.2) is 0 Å². The van der Waals surface area contributed by atoms with Crippen molar-refractivity contribution >= 4 is 16.2 Å². The molecule has 0 saturated carbocycles. The summed E-state index contributed by atoms with van der Waals surface area (Å²) in [6.07, 6.45) is -0.956. The summed E-state index contributed by atoms with van der Waals surface area (Å²) in [7, 11) is -3.99. The zero-order chi connectivity index (χ0) is 12.0. The van der Waals surface area contributed by atoms with Crippen molar-refractivity contribution < 1.29 is 22.2 Å². The van der Waals surface area contributed by atoms with Gasteiger partial charge in [0, 0.05) is 0 Å². The molecule has 1 aromatic carbocycles. The Morgan fingerprint density at radius 1 is 1.31 bits per heavy atom. The van der Waals surface area contributed by atoms with Gasteiger partial charge < -0.3 is 4.74 Å². The molecule has 0 aromatic heterocycles. The van der Waals surface area contributed by atoms with Crippen LogP contribution >= 0.6 is 0 Å². The van der Waals surface area contributed by atoms with E-state index in [1.807, 2.05) is 0 Å². The van der Waals surface area contributed by atoms with Crippen LogP contribution in [0.1, 0.15) is 6.92 Å². The number of ether oxygens (including phenoxy) is 1. The Kier molecular flexibility index (Phi) is 4.27. The molecular weight excluding hydrogens is 234 g/mol. The first-order valence-electron chi connectivity index (χ1n) is 4.47. The lowest BCUT2D eigenvalue weighted by atomic mass is 10.4. The first-order chi connectivity index (χ1) is 7.56. The molecule has 0 atom stereocenters. The van der Waals surface area contributed by atoms with Crippen molar-refractivity contribution in [2.45, 2.75) is 11.8 Å². The Morgan fingerprint density at radius 2 is 1.94 bits per heavy atom. The van der Waals surface area contributed by atoms with E-state index in [1.54, 1.807) is 30.6 Å². The van der Waals surface area contributed by atoms with E-state index in [0.717, 1.165) is 0 Å². The number of hydrogen-bond acceptors (Lipinski definition) is 5. The van der Waals surface area contributed by atoms with Crippen molar-refractivity contribution in [1.82, 2.24) is 5.48 Å². The van der Waals surface area contributed by atoms with Gasteiger partial charge in [-0.3, -0.25) is 0 Å². The molecule has 1 rings (SSSR count). The number of carbonyl (C=O) groups excluding carboxylic acids is 1. The van der Waals surface area contributed by atoms with E-state index in [0.29, 0.717) is 0 Å². The summed E-state index contributed by atoms with van der Waals surface area (Å²) in [5.41, 5.74) is 1.67. The molecular formula is C9H11NO5S. The molecule has 0 aliphatic rings. The lowest BCUT2D eigenvalue weighted by Gasteiger charge is -2.05. The first kappa shape index (κ1) is 12.5. The van der Waals surface area contributed by atoms with Gasteiger partial charge in [-0.25, -0.2) is 4.79 Å². The average Bonchev–Trinajstić information content (AvgIpc) is 2.28. The molecule has 1 amide bonds. The Morgan fingerprint density at radius 3 is 2.50 bits per heavy atom. The number of benzene rings is 1. The van der Waals surface area contributed by atoms with Crippen LogP contribution in [0.25, 0.3) is 0 Å². The Balaban J connectivity index is 2.64. The van der Waals surface area contributed by atoms with E-state index < -0.39 is 16.2 Å². The average molecular weight is 245 g/mol. The number of rotatable bonds is 4. The molecule has 0 bridgehead atoms. The highest BCUT2D eigenvalue weighted by molar-refractivity contribution is 7.86. The topological polar surface area (TPSA) is 81.7 Å². The first-order valence-corrected chi connectivity index (χ1v) is 5.88. The molecule has 0 aliphatic carbocycles. The molecule has 0 saturated heterocycles. The number of hydroxylamine groups is 1. The van der Waals surface area contributed by atoms with Crippen LogP contribution in [-0.4, -0.2) is 21.1 Å². The van der Waals surface area contributed by atoms with E-state index in [-0.39, 0.29) is 11.5 Å². The minimum atomic E-state index is -3.99. The molecule has 1 N–H and O–H groups in total. The maximum atomic E-state index is 11.4. The van der Waals surface area contributed by atoms with Gasteiger partial charge in [-0.15, -0.1) is 4.28 Å². The zero-order valence-corrected chi connectivity index (χ0v) is 9.36. The fraction of sp³-hybridized carbons (Fsp3) is 0.222. The maximum absolute atomic E-state index is 11.4. The standard InChI is InChI=1S/C9H11NO5S/c1-2-14-9(11)10-15-16(12,13)8-6-4-3-5-7-8/h3-7H,2H2,1H3,(H,10,11). The zero-order valence-electron chi connectivity index (χ0n) is 8.54. The molecule has 0 spiro atoms. The van der Waals surface area contributed by atoms with Crippen molar-refractivity contribution in [1.29, 1.82) is 0 Å². The van der Waals surface area contributed by atoms with E-state index in [2.05, 4.69) is 9.02 Å². The van der Waals surface area contributed by atoms with Crippen LogP contribution in [0.2, 0.25) is 0 Å². The lowest BCUT2D eigenvalue weighted by molar-refractivity contribution is 0.107. The van der Waals surface area contributed by atoms with Gasteiger partial charge in [-0.2, -0.15) is 13.9 Å². The van der Waals surface area contributed by atoms with Crippen LogP contribution in [0, 0.1) is 0 Å². The second-order valence-electron chi connectivity index (χ2n) is 2.67. The summed E-state index contributed by atoms with van der Waals surface area (Å²) in [5, 5.41) is 0. The van der Waals surface area contributed by atoms with Gasteiger partial charge in [-0.05, 0) is 19.1 Å². The van der Waals surface area contributed by atoms with Crippen LogP contribution in [0.3, 0.4) is 0 Å². The third-order valence-electron chi connectivity index (χ3n) is 1.54. The predicted octanol–water partition coefficient (Wildman–Crippen LogP) is 1.05. The van der Waals surface area contributed by atoms with Crippen LogP contribution in [0.15, 0.2) is 35.2 Å². The largest absolute Gasteiger partial charge is 0.448 e. The molecule has 0 fully saturated rings. The smallest absolute Gasteiger partial charge is 0.432 e. The molecule has 16 heavy (non-hydrogen) atoms. The van der Waals surface area contributed by atoms with Crippen molar-refractivity contribution in [2.75, 3.05) is 6.61 Å². The highest BCUT2D eigenvalue weighted by Gasteiger charge is 2.16. The van der Waals surface area contributed by atoms with Crippen LogP contribution in [0.4, 0.5) is 4.79 Å².